The third-order valence-electron chi connectivity index (χ3n) is 5.70. The fourth-order valence-corrected chi connectivity index (χ4v) is 4.06. The molecule has 1 atom stereocenters. The summed E-state index contributed by atoms with van der Waals surface area (Å²) >= 11 is 6.06. The van der Waals surface area contributed by atoms with Crippen LogP contribution in [0.1, 0.15) is 32.4 Å². The van der Waals surface area contributed by atoms with E-state index < -0.39 is 12.1 Å². The van der Waals surface area contributed by atoms with Crippen molar-refractivity contribution in [3.8, 4) is 11.3 Å². The number of pyridine rings is 1. The lowest BCUT2D eigenvalue weighted by Crippen LogP contribution is -2.20. The van der Waals surface area contributed by atoms with E-state index >= 15 is 0 Å². The zero-order valence-corrected chi connectivity index (χ0v) is 19.4. The lowest BCUT2D eigenvalue weighted by molar-refractivity contribution is 0.0282. The predicted molar refractivity (Wildman–Crippen MR) is 138 cm³/mol. The minimum absolute atomic E-state index is 0.317. The van der Waals surface area contributed by atoms with Crippen LogP contribution in [-0.4, -0.2) is 16.7 Å². The highest BCUT2D eigenvalue weighted by atomic mass is 35.5. The summed E-state index contributed by atoms with van der Waals surface area (Å²) in [5.41, 5.74) is 3.52. The van der Waals surface area contributed by atoms with Crippen molar-refractivity contribution in [2.45, 2.75) is 6.10 Å². The Morgan fingerprint density at radius 2 is 1.37 bits per heavy atom. The first-order chi connectivity index (χ1) is 17.1. The number of para-hydroxylation sites is 1. The van der Waals surface area contributed by atoms with E-state index in [0.717, 1.165) is 5.56 Å². The Hall–Kier alpha value is -4.28. The van der Waals surface area contributed by atoms with Crippen molar-refractivity contribution in [2.24, 2.45) is 0 Å². The molecule has 5 aromatic rings. The Labute approximate surface area is 207 Å². The van der Waals surface area contributed by atoms with Gasteiger partial charge in [0.25, 0.3) is 0 Å². The van der Waals surface area contributed by atoms with Crippen molar-refractivity contribution in [3.05, 3.63) is 137 Å². The number of nitrogens with zero attached hydrogens (tertiary/aromatic N) is 1. The van der Waals surface area contributed by atoms with E-state index in [0.29, 0.717) is 38.3 Å². The largest absolute Gasteiger partial charge is 0.445 e. The molecule has 0 amide bonds. The first-order valence-electron chi connectivity index (χ1n) is 11.1. The highest BCUT2D eigenvalue weighted by Crippen LogP contribution is 2.29. The Balaban J connectivity index is 1.58. The van der Waals surface area contributed by atoms with E-state index in [2.05, 4.69) is 0 Å². The second kappa shape index (κ2) is 9.92. The summed E-state index contributed by atoms with van der Waals surface area (Å²) in [4.78, 5) is 31.8. The number of ketones is 1. The first kappa shape index (κ1) is 22.5. The predicted octanol–water partition coefficient (Wildman–Crippen LogP) is 7.34. The molecule has 0 saturated heterocycles. The molecule has 35 heavy (non-hydrogen) atoms. The Bertz CT molecular complexity index is 1500. The number of Topliss-reactive ketones (excluding diaryl/α,β-unsaturated/α-hetero) is 1. The molecule has 0 spiro atoms. The molecule has 0 aliphatic heterocycles. The van der Waals surface area contributed by atoms with Gasteiger partial charge in [-0.05, 0) is 24.3 Å². The van der Waals surface area contributed by atoms with Gasteiger partial charge in [0.15, 0.2) is 6.10 Å². The maximum absolute atomic E-state index is 13.6. The summed E-state index contributed by atoms with van der Waals surface area (Å²) in [6, 6.07) is 34.2. The van der Waals surface area contributed by atoms with Crippen LogP contribution in [-0.2, 0) is 4.74 Å². The maximum Gasteiger partial charge on any atom is 0.339 e. The zero-order chi connectivity index (χ0) is 24.2. The van der Waals surface area contributed by atoms with Gasteiger partial charge in [0.05, 0.1) is 16.8 Å². The topological polar surface area (TPSA) is 56.3 Å². The summed E-state index contributed by atoms with van der Waals surface area (Å²) in [6.45, 7) is 0. The van der Waals surface area contributed by atoms with Gasteiger partial charge >= 0.3 is 5.97 Å². The number of halogens is 1. The normalized spacial score (nSPS) is 11.7. The van der Waals surface area contributed by atoms with Crippen LogP contribution in [0.15, 0.2) is 115 Å². The van der Waals surface area contributed by atoms with Crippen LogP contribution in [0.4, 0.5) is 0 Å². The summed E-state index contributed by atoms with van der Waals surface area (Å²) in [5.74, 6) is -0.923. The monoisotopic (exact) mass is 477 g/mol. The summed E-state index contributed by atoms with van der Waals surface area (Å²) in [7, 11) is 0. The number of carbonyl (C=O) groups is 2. The fourth-order valence-electron chi connectivity index (χ4n) is 3.94. The molecule has 0 N–H and O–H groups in total. The molecule has 0 aliphatic carbocycles. The molecule has 1 heterocycles. The summed E-state index contributed by atoms with van der Waals surface area (Å²) in [5, 5.41) is 1.18. The number of fused-ring (bicyclic) bond motifs is 1. The van der Waals surface area contributed by atoms with E-state index in [1.54, 1.807) is 54.6 Å². The average Bonchev–Trinajstić information content (AvgIpc) is 2.92. The summed E-state index contributed by atoms with van der Waals surface area (Å²) < 4.78 is 5.92. The van der Waals surface area contributed by atoms with Gasteiger partial charge in [-0.15, -0.1) is 0 Å². The molecule has 4 aromatic carbocycles. The first-order valence-corrected chi connectivity index (χ1v) is 11.5. The molecule has 1 unspecified atom stereocenters. The molecule has 0 aliphatic rings. The van der Waals surface area contributed by atoms with Crippen molar-refractivity contribution < 1.29 is 14.3 Å². The van der Waals surface area contributed by atoms with E-state index in [-0.39, 0.29) is 5.78 Å². The van der Waals surface area contributed by atoms with Gasteiger partial charge in [-0.2, -0.15) is 0 Å². The third kappa shape index (κ3) is 4.84. The molecule has 5 rings (SSSR count). The number of rotatable bonds is 6. The number of benzene rings is 4. The second-order valence-corrected chi connectivity index (χ2v) is 8.44. The van der Waals surface area contributed by atoms with Crippen molar-refractivity contribution >= 4 is 34.3 Å². The lowest BCUT2D eigenvalue weighted by Gasteiger charge is -2.18. The number of carbonyl (C=O) groups excluding carboxylic acids is 2. The molecular weight excluding hydrogens is 458 g/mol. The van der Waals surface area contributed by atoms with Gasteiger partial charge in [0, 0.05) is 27.1 Å². The van der Waals surface area contributed by atoms with Gasteiger partial charge in [-0.3, -0.25) is 4.79 Å². The van der Waals surface area contributed by atoms with Crippen molar-refractivity contribution in [3.63, 3.8) is 0 Å². The van der Waals surface area contributed by atoms with Gasteiger partial charge in [-0.1, -0.05) is 103 Å². The molecule has 0 radical (unpaired) electrons. The lowest BCUT2D eigenvalue weighted by atomic mass is 9.99. The zero-order valence-electron chi connectivity index (χ0n) is 18.6. The average molecular weight is 478 g/mol. The molecular formula is C30H20ClNO3. The van der Waals surface area contributed by atoms with Gasteiger partial charge in [0.1, 0.15) is 0 Å². The van der Waals surface area contributed by atoms with Crippen LogP contribution in [0, 0.1) is 0 Å². The van der Waals surface area contributed by atoms with Crippen LogP contribution in [0.5, 0.6) is 0 Å². The Morgan fingerprint density at radius 3 is 2.09 bits per heavy atom. The Morgan fingerprint density at radius 1 is 0.743 bits per heavy atom. The van der Waals surface area contributed by atoms with Crippen LogP contribution >= 0.6 is 11.6 Å². The van der Waals surface area contributed by atoms with Crippen LogP contribution < -0.4 is 0 Å². The molecule has 0 fully saturated rings. The molecule has 0 bridgehead atoms. The standard InChI is InChI=1S/C30H20ClNO3/c31-23-17-15-22(16-18-23)29(28(33)21-11-5-2-6-12-21)35-30(34)25-19-27(20-9-3-1-4-10-20)32-26-14-8-7-13-24(25)26/h1-19,29H. The quantitative estimate of drug-likeness (QED) is 0.190. The number of ether oxygens (including phenoxy) is 1. The van der Waals surface area contributed by atoms with Gasteiger partial charge in [-0.25, -0.2) is 9.78 Å². The smallest absolute Gasteiger partial charge is 0.339 e. The summed E-state index contributed by atoms with van der Waals surface area (Å²) in [6.07, 6.45) is -1.13. The van der Waals surface area contributed by atoms with Crippen LogP contribution in [0.3, 0.4) is 0 Å². The van der Waals surface area contributed by atoms with Gasteiger partial charge < -0.3 is 4.74 Å². The number of esters is 1. The molecule has 0 saturated carbocycles. The number of hydrogen-bond donors (Lipinski definition) is 0. The van der Waals surface area contributed by atoms with E-state index in [4.69, 9.17) is 21.3 Å². The SMILES string of the molecule is O=C(OC(C(=O)c1ccccc1)c1ccc(Cl)cc1)c1cc(-c2ccccc2)nc2ccccc12. The van der Waals surface area contributed by atoms with Crippen molar-refractivity contribution in [1.82, 2.24) is 4.98 Å². The fraction of sp³-hybridized carbons (Fsp3) is 0.0333. The van der Waals surface area contributed by atoms with Crippen molar-refractivity contribution in [2.75, 3.05) is 0 Å². The minimum atomic E-state index is -1.13. The minimum Gasteiger partial charge on any atom is -0.445 e. The highest BCUT2D eigenvalue weighted by Gasteiger charge is 2.28. The number of aromatic nitrogens is 1. The van der Waals surface area contributed by atoms with Crippen LogP contribution in [0.2, 0.25) is 5.02 Å². The van der Waals surface area contributed by atoms with E-state index in [9.17, 15) is 9.59 Å². The maximum atomic E-state index is 13.6. The van der Waals surface area contributed by atoms with Crippen LogP contribution in [0.25, 0.3) is 22.2 Å². The Kier molecular flexibility index (Phi) is 6.38. The van der Waals surface area contributed by atoms with Gasteiger partial charge in [0.2, 0.25) is 5.78 Å². The van der Waals surface area contributed by atoms with E-state index in [1.807, 2.05) is 60.7 Å². The molecule has 4 nitrogen and oxygen atoms in total. The number of hydrogen-bond acceptors (Lipinski definition) is 4. The van der Waals surface area contributed by atoms with E-state index in [1.165, 1.54) is 0 Å². The highest BCUT2D eigenvalue weighted by molar-refractivity contribution is 6.30. The second-order valence-electron chi connectivity index (χ2n) is 8.01. The third-order valence-corrected chi connectivity index (χ3v) is 5.95. The molecule has 170 valence electrons. The molecule has 5 heteroatoms. The molecule has 1 aromatic heterocycles. The van der Waals surface area contributed by atoms with Crippen molar-refractivity contribution in [1.29, 1.82) is 0 Å².